The summed E-state index contributed by atoms with van der Waals surface area (Å²) in [6.45, 7) is 4.74. The van der Waals surface area contributed by atoms with Crippen LogP contribution in [0.25, 0.3) is 0 Å². The molecule has 2 aliphatic rings. The van der Waals surface area contributed by atoms with Crippen LogP contribution in [0.3, 0.4) is 0 Å². The lowest BCUT2D eigenvalue weighted by Crippen LogP contribution is -2.31. The number of nitrogens with zero attached hydrogens (tertiary/aromatic N) is 1. The Morgan fingerprint density at radius 1 is 1.19 bits per heavy atom. The molecule has 2 N–H and O–H groups in total. The number of ether oxygens (including phenoxy) is 1. The van der Waals surface area contributed by atoms with Crippen LogP contribution < -0.4 is 4.90 Å². The maximum atomic E-state index is 12.7. The molecule has 5 atom stereocenters. The molecule has 0 aromatic heterocycles. The first-order valence-corrected chi connectivity index (χ1v) is 12.3. The van der Waals surface area contributed by atoms with Gasteiger partial charge in [0.25, 0.3) is 0 Å². The van der Waals surface area contributed by atoms with Crippen molar-refractivity contribution < 1.29 is 19.7 Å². The SMILES string of the molecule is CCCN(C(=O)CCC/C=C\C[C@H]1[C@@H](/C=C/C(O)CC)[C@H]2CC[C@@H]1O2)c1ccc(O)cc1. The van der Waals surface area contributed by atoms with Crippen molar-refractivity contribution >= 4 is 11.6 Å². The first-order valence-electron chi connectivity index (χ1n) is 12.3. The van der Waals surface area contributed by atoms with Gasteiger partial charge in [-0.05, 0) is 75.1 Å². The van der Waals surface area contributed by atoms with Crippen LogP contribution in [0.2, 0.25) is 0 Å². The fourth-order valence-corrected chi connectivity index (χ4v) is 4.91. The first kappa shape index (κ1) is 24.5. The highest BCUT2D eigenvalue weighted by Crippen LogP contribution is 2.45. The van der Waals surface area contributed by atoms with E-state index < -0.39 is 0 Å². The van der Waals surface area contributed by atoms with Crippen LogP contribution in [0.5, 0.6) is 5.75 Å². The molecule has 2 aliphatic heterocycles. The summed E-state index contributed by atoms with van der Waals surface area (Å²) < 4.78 is 6.14. The van der Waals surface area contributed by atoms with E-state index in [0.29, 0.717) is 37.0 Å². The summed E-state index contributed by atoms with van der Waals surface area (Å²) in [5.41, 5.74) is 0.841. The van der Waals surface area contributed by atoms with Gasteiger partial charge in [0.2, 0.25) is 5.91 Å². The molecule has 32 heavy (non-hydrogen) atoms. The normalized spacial score (nSPS) is 25.7. The number of carbonyl (C=O) groups is 1. The molecule has 1 aromatic rings. The molecule has 5 nitrogen and oxygen atoms in total. The smallest absolute Gasteiger partial charge is 0.226 e. The van der Waals surface area contributed by atoms with Gasteiger partial charge in [-0.2, -0.15) is 0 Å². The van der Waals surface area contributed by atoms with Crippen molar-refractivity contribution in [3.63, 3.8) is 0 Å². The Kier molecular flexibility index (Phi) is 9.36. The number of aromatic hydroxyl groups is 1. The average Bonchev–Trinajstić information content (AvgIpc) is 3.40. The summed E-state index contributed by atoms with van der Waals surface area (Å²) in [5.74, 6) is 1.23. The number of phenolic OH excluding ortho intramolecular Hbond substituents is 1. The number of aliphatic hydroxyl groups excluding tert-OH is 1. The van der Waals surface area contributed by atoms with Gasteiger partial charge in [-0.15, -0.1) is 0 Å². The molecule has 2 bridgehead atoms. The van der Waals surface area contributed by atoms with E-state index in [1.54, 1.807) is 24.3 Å². The lowest BCUT2D eigenvalue weighted by molar-refractivity contribution is -0.118. The van der Waals surface area contributed by atoms with Gasteiger partial charge in [-0.1, -0.05) is 38.2 Å². The topological polar surface area (TPSA) is 70.0 Å². The summed E-state index contributed by atoms with van der Waals surface area (Å²) in [7, 11) is 0. The van der Waals surface area contributed by atoms with Gasteiger partial charge in [-0.3, -0.25) is 4.79 Å². The zero-order chi connectivity index (χ0) is 22.9. The number of benzene rings is 1. The Bertz CT molecular complexity index is 772. The van der Waals surface area contributed by atoms with E-state index in [-0.39, 0.29) is 17.8 Å². The summed E-state index contributed by atoms with van der Waals surface area (Å²) in [6.07, 6.45) is 16.0. The Balaban J connectivity index is 1.44. The Hall–Kier alpha value is -2.11. The number of fused-ring (bicyclic) bond motifs is 2. The summed E-state index contributed by atoms with van der Waals surface area (Å²) >= 11 is 0. The summed E-state index contributed by atoms with van der Waals surface area (Å²) in [4.78, 5) is 14.6. The predicted molar refractivity (Wildman–Crippen MR) is 129 cm³/mol. The number of phenols is 1. The number of anilines is 1. The number of rotatable bonds is 12. The highest BCUT2D eigenvalue weighted by atomic mass is 16.5. The lowest BCUT2D eigenvalue weighted by Gasteiger charge is -2.25. The van der Waals surface area contributed by atoms with Crippen LogP contribution in [0.4, 0.5) is 5.69 Å². The Labute approximate surface area is 192 Å². The lowest BCUT2D eigenvalue weighted by atomic mass is 9.77. The molecule has 3 rings (SSSR count). The summed E-state index contributed by atoms with van der Waals surface area (Å²) in [5, 5.41) is 19.4. The van der Waals surface area contributed by atoms with Crippen LogP contribution in [-0.2, 0) is 9.53 Å². The minimum atomic E-state index is -0.364. The molecule has 1 unspecified atom stereocenters. The van der Waals surface area contributed by atoms with Gasteiger partial charge >= 0.3 is 0 Å². The molecule has 1 aromatic carbocycles. The minimum Gasteiger partial charge on any atom is -0.508 e. The number of amides is 1. The molecular weight excluding hydrogens is 402 g/mol. The fourth-order valence-electron chi connectivity index (χ4n) is 4.91. The van der Waals surface area contributed by atoms with Crippen molar-refractivity contribution in [2.45, 2.75) is 83.5 Å². The van der Waals surface area contributed by atoms with E-state index in [4.69, 9.17) is 4.74 Å². The fraction of sp³-hybridized carbons (Fsp3) is 0.593. The zero-order valence-electron chi connectivity index (χ0n) is 19.5. The molecular formula is C27H39NO4. The molecule has 176 valence electrons. The predicted octanol–water partition coefficient (Wildman–Crippen LogP) is 5.37. The quantitative estimate of drug-likeness (QED) is 0.338. The number of unbranched alkanes of at least 4 members (excludes halogenated alkanes) is 1. The van der Waals surface area contributed by atoms with E-state index in [9.17, 15) is 15.0 Å². The number of hydrogen-bond donors (Lipinski definition) is 2. The standard InChI is InChI=1S/C27H39NO4/c1-3-19-28(20-11-13-22(30)14-12-20)27(31)10-8-6-5-7-9-23-24(16-15-21(29)4-2)26-18-17-25(23)32-26/h5,7,11-16,21,23-26,29-30H,3-4,6,8-10,17-19H2,1-2H3/b7-5-,16-15+/t21?,23-,24+,25-,26+/m0/s1. The second-order valence-corrected chi connectivity index (χ2v) is 9.05. The third kappa shape index (κ3) is 6.46. The van der Waals surface area contributed by atoms with Gasteiger partial charge in [0, 0.05) is 24.6 Å². The van der Waals surface area contributed by atoms with Gasteiger partial charge in [0.1, 0.15) is 5.75 Å². The van der Waals surface area contributed by atoms with E-state index >= 15 is 0 Å². The molecule has 0 saturated carbocycles. The molecule has 2 saturated heterocycles. The molecule has 0 aliphatic carbocycles. The minimum absolute atomic E-state index is 0.132. The second kappa shape index (κ2) is 12.2. The van der Waals surface area contributed by atoms with E-state index in [1.807, 2.05) is 17.9 Å². The first-order chi connectivity index (χ1) is 15.5. The van der Waals surface area contributed by atoms with Crippen molar-refractivity contribution in [1.82, 2.24) is 0 Å². The largest absolute Gasteiger partial charge is 0.508 e. The van der Waals surface area contributed by atoms with Gasteiger partial charge < -0.3 is 19.8 Å². The molecule has 2 fully saturated rings. The highest BCUT2D eigenvalue weighted by Gasteiger charge is 2.46. The number of hydrogen-bond acceptors (Lipinski definition) is 4. The second-order valence-electron chi connectivity index (χ2n) is 9.05. The monoisotopic (exact) mass is 441 g/mol. The number of aliphatic hydroxyl groups is 1. The average molecular weight is 442 g/mol. The van der Waals surface area contributed by atoms with Crippen molar-refractivity contribution in [3.05, 3.63) is 48.6 Å². The molecule has 1 amide bonds. The van der Waals surface area contributed by atoms with Crippen molar-refractivity contribution in [3.8, 4) is 5.75 Å². The molecule has 5 heteroatoms. The Morgan fingerprint density at radius 2 is 1.94 bits per heavy atom. The van der Waals surface area contributed by atoms with Gasteiger partial charge in [-0.25, -0.2) is 0 Å². The van der Waals surface area contributed by atoms with Crippen LogP contribution in [-0.4, -0.2) is 41.0 Å². The maximum absolute atomic E-state index is 12.7. The van der Waals surface area contributed by atoms with Crippen LogP contribution in [0.15, 0.2) is 48.6 Å². The molecule has 0 radical (unpaired) electrons. The number of allylic oxidation sites excluding steroid dienone is 2. The van der Waals surface area contributed by atoms with Crippen LogP contribution in [0.1, 0.15) is 65.2 Å². The zero-order valence-corrected chi connectivity index (χ0v) is 19.5. The van der Waals surface area contributed by atoms with Crippen molar-refractivity contribution in [1.29, 1.82) is 0 Å². The summed E-state index contributed by atoms with van der Waals surface area (Å²) in [6, 6.07) is 6.84. The van der Waals surface area contributed by atoms with Crippen molar-refractivity contribution in [2.24, 2.45) is 11.8 Å². The van der Waals surface area contributed by atoms with E-state index in [0.717, 1.165) is 50.6 Å². The van der Waals surface area contributed by atoms with Gasteiger partial charge in [0.15, 0.2) is 0 Å². The molecule has 2 heterocycles. The third-order valence-corrected chi connectivity index (χ3v) is 6.71. The van der Waals surface area contributed by atoms with E-state index in [1.165, 1.54) is 0 Å². The van der Waals surface area contributed by atoms with Crippen LogP contribution >= 0.6 is 0 Å². The third-order valence-electron chi connectivity index (χ3n) is 6.71. The maximum Gasteiger partial charge on any atom is 0.226 e. The van der Waals surface area contributed by atoms with Crippen LogP contribution in [0, 0.1) is 11.8 Å². The molecule has 0 spiro atoms. The van der Waals surface area contributed by atoms with E-state index in [2.05, 4.69) is 25.2 Å². The Morgan fingerprint density at radius 3 is 2.66 bits per heavy atom. The van der Waals surface area contributed by atoms with Gasteiger partial charge in [0.05, 0.1) is 18.3 Å². The van der Waals surface area contributed by atoms with Crippen molar-refractivity contribution in [2.75, 3.05) is 11.4 Å². The number of carbonyl (C=O) groups excluding carboxylic acids is 1. The highest BCUT2D eigenvalue weighted by molar-refractivity contribution is 5.93.